The molecule has 0 aliphatic rings. The van der Waals surface area contributed by atoms with Gasteiger partial charge in [0, 0.05) is 41.8 Å². The lowest BCUT2D eigenvalue weighted by Gasteiger charge is -2.15. The summed E-state index contributed by atoms with van der Waals surface area (Å²) in [6.07, 6.45) is 4.09. The standard InChI is InChI=1S/C14H20BrN3O3Si.C14H20BrN3O2Si/c1-9-12(15)17-11-10(14(19)20)7-18(13(11)16-9)8-21-5-6-22(2,3)4;1-10-13(15)17-12-11(8-19)7-18(14(12)16-10)9-20-5-6-21(2,3)4/h7H,5-6,8H2,1-4H3,(H,19,20);7-8H,5-6,9H2,1-4H3. The van der Waals surface area contributed by atoms with Crippen molar-refractivity contribution >= 4 is 82.6 Å². The third kappa shape index (κ3) is 9.84. The van der Waals surface area contributed by atoms with Crippen LogP contribution >= 0.6 is 31.9 Å². The molecule has 11 nitrogen and oxygen atoms in total. The first-order valence-electron chi connectivity index (χ1n) is 13.9. The van der Waals surface area contributed by atoms with E-state index < -0.39 is 22.1 Å². The molecule has 4 rings (SSSR count). The van der Waals surface area contributed by atoms with Crippen molar-refractivity contribution in [2.45, 2.75) is 78.7 Å². The van der Waals surface area contributed by atoms with Gasteiger partial charge in [0.1, 0.15) is 39.3 Å². The van der Waals surface area contributed by atoms with Gasteiger partial charge >= 0.3 is 5.97 Å². The fourth-order valence-corrected chi connectivity index (χ4v) is 5.88. The number of fused-ring (bicyclic) bond motifs is 2. The minimum atomic E-state index is -1.14. The Hall–Kier alpha value is -2.31. The van der Waals surface area contributed by atoms with Gasteiger partial charge in [0.05, 0.1) is 17.0 Å². The molecule has 0 radical (unpaired) electrons. The third-order valence-electron chi connectivity index (χ3n) is 6.45. The molecule has 0 aliphatic carbocycles. The fraction of sp³-hybridized carbons (Fsp3) is 0.500. The molecule has 0 atom stereocenters. The lowest BCUT2D eigenvalue weighted by Crippen LogP contribution is -2.22. The SMILES string of the molecule is Cc1nc2c(nc1Br)c(C(=O)O)cn2COCC[Si](C)(C)C.Cc1nc2c(nc1Br)c(C=O)cn2COCC[Si](C)(C)C. The molecule has 0 unspecified atom stereocenters. The Bertz CT molecular complexity index is 1610. The van der Waals surface area contributed by atoms with E-state index in [2.05, 4.69) is 91.1 Å². The molecule has 0 amide bonds. The Morgan fingerprint density at radius 1 is 0.814 bits per heavy atom. The van der Waals surface area contributed by atoms with E-state index in [1.807, 2.05) is 18.4 Å². The number of nitrogens with zero attached hydrogens (tertiary/aromatic N) is 6. The van der Waals surface area contributed by atoms with Crippen LogP contribution in [-0.2, 0) is 22.9 Å². The van der Waals surface area contributed by atoms with E-state index in [9.17, 15) is 14.7 Å². The number of carbonyl (C=O) groups is 2. The number of halogens is 2. The van der Waals surface area contributed by atoms with Gasteiger partial charge in [-0.05, 0) is 57.8 Å². The van der Waals surface area contributed by atoms with Crippen LogP contribution in [0.5, 0.6) is 0 Å². The highest BCUT2D eigenvalue weighted by molar-refractivity contribution is 9.10. The van der Waals surface area contributed by atoms with Crippen LogP contribution in [0.1, 0.15) is 32.1 Å². The number of aromatic nitrogens is 6. The minimum Gasteiger partial charge on any atom is -0.478 e. The quantitative estimate of drug-likeness (QED) is 0.0910. The topological polar surface area (TPSA) is 134 Å². The van der Waals surface area contributed by atoms with Gasteiger partial charge < -0.3 is 23.7 Å². The predicted octanol–water partition coefficient (Wildman–Crippen LogP) is 7.14. The number of carbonyl (C=O) groups excluding carboxylic acids is 1. The van der Waals surface area contributed by atoms with E-state index in [-0.39, 0.29) is 12.3 Å². The molecule has 0 spiro atoms. The molecule has 0 saturated carbocycles. The van der Waals surface area contributed by atoms with Crippen molar-refractivity contribution in [3.63, 3.8) is 0 Å². The Balaban J connectivity index is 0.000000236. The van der Waals surface area contributed by atoms with E-state index >= 15 is 0 Å². The molecule has 0 saturated heterocycles. The number of hydrogen-bond donors (Lipinski definition) is 1. The fourth-order valence-electron chi connectivity index (χ4n) is 3.84. The zero-order chi connectivity index (χ0) is 32.1. The van der Waals surface area contributed by atoms with Crippen molar-refractivity contribution in [2.24, 2.45) is 0 Å². The van der Waals surface area contributed by atoms with E-state index in [1.54, 1.807) is 10.8 Å². The van der Waals surface area contributed by atoms with Gasteiger partial charge in [-0.1, -0.05) is 39.3 Å². The number of rotatable bonds is 12. The number of carboxylic acids is 1. The first-order chi connectivity index (χ1) is 20.0. The number of ether oxygens (including phenoxy) is 2. The summed E-state index contributed by atoms with van der Waals surface area (Å²) in [5.74, 6) is -1.02. The predicted molar refractivity (Wildman–Crippen MR) is 180 cm³/mol. The van der Waals surface area contributed by atoms with Crippen molar-refractivity contribution in [3.8, 4) is 0 Å². The zero-order valence-electron chi connectivity index (χ0n) is 26.0. The molecule has 0 bridgehead atoms. The van der Waals surface area contributed by atoms with E-state index in [1.165, 1.54) is 6.20 Å². The maximum Gasteiger partial charge on any atom is 0.339 e. The second-order valence-corrected chi connectivity index (χ2v) is 25.5. The molecule has 4 aromatic rings. The molecule has 15 heteroatoms. The highest BCUT2D eigenvalue weighted by Crippen LogP contribution is 2.23. The average Bonchev–Trinajstić information content (AvgIpc) is 3.42. The van der Waals surface area contributed by atoms with E-state index in [0.717, 1.165) is 30.7 Å². The summed E-state index contributed by atoms with van der Waals surface area (Å²) in [7, 11) is -2.23. The number of aromatic carboxylic acids is 1. The lowest BCUT2D eigenvalue weighted by atomic mass is 10.3. The number of hydrogen-bond acceptors (Lipinski definition) is 8. The molecule has 4 heterocycles. The number of aryl methyl sites for hydroxylation is 2. The highest BCUT2D eigenvalue weighted by atomic mass is 79.9. The maximum absolute atomic E-state index is 11.4. The Kier molecular flexibility index (Phi) is 12.0. The Morgan fingerprint density at radius 2 is 1.26 bits per heavy atom. The Labute approximate surface area is 270 Å². The second-order valence-electron chi connectivity index (χ2n) is 12.7. The van der Waals surface area contributed by atoms with Gasteiger partial charge in [-0.3, -0.25) is 4.79 Å². The highest BCUT2D eigenvalue weighted by Gasteiger charge is 2.19. The van der Waals surface area contributed by atoms with Gasteiger partial charge in [-0.15, -0.1) is 0 Å². The van der Waals surface area contributed by atoms with Crippen LogP contribution in [-0.4, -0.2) is 75.8 Å². The zero-order valence-corrected chi connectivity index (χ0v) is 31.2. The van der Waals surface area contributed by atoms with Gasteiger partial charge in [0.2, 0.25) is 0 Å². The monoisotopic (exact) mass is 754 g/mol. The van der Waals surface area contributed by atoms with Crippen molar-refractivity contribution in [1.82, 2.24) is 29.1 Å². The van der Waals surface area contributed by atoms with Crippen LogP contribution in [0, 0.1) is 13.8 Å². The van der Waals surface area contributed by atoms with Crippen molar-refractivity contribution in [2.75, 3.05) is 13.2 Å². The van der Waals surface area contributed by atoms with Gasteiger partial charge in [-0.25, -0.2) is 24.7 Å². The molecule has 0 aromatic carbocycles. The first kappa shape index (κ1) is 35.2. The molecule has 1 N–H and O–H groups in total. The smallest absolute Gasteiger partial charge is 0.339 e. The molecule has 234 valence electrons. The average molecular weight is 757 g/mol. The van der Waals surface area contributed by atoms with Gasteiger partial charge in [0.25, 0.3) is 0 Å². The maximum atomic E-state index is 11.4. The van der Waals surface area contributed by atoms with E-state index in [4.69, 9.17) is 9.47 Å². The van der Waals surface area contributed by atoms with E-state index in [0.29, 0.717) is 56.1 Å². The van der Waals surface area contributed by atoms with Crippen molar-refractivity contribution < 1.29 is 24.2 Å². The summed E-state index contributed by atoms with van der Waals surface area (Å²) in [6.45, 7) is 19.6. The summed E-state index contributed by atoms with van der Waals surface area (Å²) in [4.78, 5) is 40.1. The molecular weight excluding hydrogens is 716 g/mol. The number of aldehydes is 1. The molecule has 43 heavy (non-hydrogen) atoms. The minimum absolute atomic E-state index is 0.136. The summed E-state index contributed by atoms with van der Waals surface area (Å²) < 4.78 is 16.2. The summed E-state index contributed by atoms with van der Waals surface area (Å²) in [5, 5.41) is 9.30. The number of carboxylic acid groups (broad SMARTS) is 1. The normalized spacial score (nSPS) is 12.0. The van der Waals surface area contributed by atoms with Crippen LogP contribution in [0.25, 0.3) is 22.3 Å². The first-order valence-corrected chi connectivity index (χ1v) is 22.9. The summed E-state index contributed by atoms with van der Waals surface area (Å²) in [5.41, 5.74) is 4.38. The molecular formula is C28H40Br2N6O5Si2. The van der Waals surface area contributed by atoms with Crippen LogP contribution in [0.4, 0.5) is 0 Å². The summed E-state index contributed by atoms with van der Waals surface area (Å²) in [6, 6.07) is 2.18. The molecule has 0 fully saturated rings. The van der Waals surface area contributed by atoms with Crippen LogP contribution in [0.2, 0.25) is 51.4 Å². The Morgan fingerprint density at radius 3 is 1.70 bits per heavy atom. The second kappa shape index (κ2) is 14.6. The van der Waals surface area contributed by atoms with Crippen LogP contribution in [0.15, 0.2) is 21.6 Å². The van der Waals surface area contributed by atoms with Crippen molar-refractivity contribution in [1.29, 1.82) is 0 Å². The molecule has 0 aliphatic heterocycles. The van der Waals surface area contributed by atoms with Gasteiger partial charge in [-0.2, -0.15) is 0 Å². The lowest BCUT2D eigenvalue weighted by molar-refractivity contribution is 0.0695. The van der Waals surface area contributed by atoms with Gasteiger partial charge in [0.15, 0.2) is 17.6 Å². The van der Waals surface area contributed by atoms with Crippen LogP contribution in [0.3, 0.4) is 0 Å². The van der Waals surface area contributed by atoms with Crippen LogP contribution < -0.4 is 0 Å². The largest absolute Gasteiger partial charge is 0.478 e. The summed E-state index contributed by atoms with van der Waals surface area (Å²) >= 11 is 6.64. The van der Waals surface area contributed by atoms with Crippen molar-refractivity contribution in [3.05, 3.63) is 44.1 Å². The third-order valence-corrected chi connectivity index (χ3v) is 11.4. The molecule has 4 aromatic heterocycles.